The van der Waals surface area contributed by atoms with Gasteiger partial charge in [-0.25, -0.2) is 4.79 Å². The van der Waals surface area contributed by atoms with Crippen LogP contribution in [0.5, 0.6) is 11.5 Å². The minimum atomic E-state index is -0.170. The molecule has 2 rings (SSSR count). The van der Waals surface area contributed by atoms with Gasteiger partial charge in [0.2, 0.25) is 0 Å². The number of carbonyl (C=O) groups is 1. The Balaban J connectivity index is 1.83. The van der Waals surface area contributed by atoms with E-state index in [1.807, 2.05) is 56.3 Å². The first-order chi connectivity index (χ1) is 12.0. The maximum atomic E-state index is 12.1. The molecule has 25 heavy (non-hydrogen) atoms. The lowest BCUT2D eigenvalue weighted by Crippen LogP contribution is -2.38. The normalized spacial score (nSPS) is 11.5. The fourth-order valence-corrected chi connectivity index (χ4v) is 2.75. The summed E-state index contributed by atoms with van der Waals surface area (Å²) in [6.07, 6.45) is 0.715. The second kappa shape index (κ2) is 8.97. The van der Waals surface area contributed by atoms with Gasteiger partial charge in [0, 0.05) is 6.54 Å². The lowest BCUT2D eigenvalue weighted by molar-refractivity contribution is 0.238. The van der Waals surface area contributed by atoms with Crippen molar-refractivity contribution in [3.8, 4) is 11.5 Å². The smallest absolute Gasteiger partial charge is 0.315 e. The largest absolute Gasteiger partial charge is 0.493 e. The molecule has 2 amide bonds. The van der Waals surface area contributed by atoms with Crippen LogP contribution in [0.1, 0.15) is 29.7 Å². The molecule has 2 N–H and O–H groups in total. The number of hydrogen-bond donors (Lipinski definition) is 2. The molecule has 2 aromatic rings. The van der Waals surface area contributed by atoms with E-state index in [0.29, 0.717) is 24.5 Å². The topological polar surface area (TPSA) is 59.6 Å². The van der Waals surface area contributed by atoms with Gasteiger partial charge in [-0.3, -0.25) is 0 Å². The zero-order chi connectivity index (χ0) is 18.2. The average molecular weight is 342 g/mol. The Morgan fingerprint density at radius 2 is 1.80 bits per heavy atom. The Bertz CT molecular complexity index is 716. The molecular formula is C20H26N2O3. The molecule has 5 nitrogen and oxygen atoms in total. The van der Waals surface area contributed by atoms with Gasteiger partial charge in [-0.05, 0) is 49.1 Å². The highest BCUT2D eigenvalue weighted by atomic mass is 16.5. The van der Waals surface area contributed by atoms with Gasteiger partial charge in [0.15, 0.2) is 11.5 Å². The number of aryl methyl sites for hydroxylation is 1. The van der Waals surface area contributed by atoms with Gasteiger partial charge >= 0.3 is 6.03 Å². The van der Waals surface area contributed by atoms with Gasteiger partial charge in [-0.2, -0.15) is 0 Å². The van der Waals surface area contributed by atoms with Crippen molar-refractivity contribution in [2.24, 2.45) is 0 Å². The molecule has 0 aliphatic heterocycles. The van der Waals surface area contributed by atoms with Crippen molar-refractivity contribution in [3.05, 3.63) is 59.2 Å². The Hall–Kier alpha value is -2.69. The number of amides is 2. The first-order valence-electron chi connectivity index (χ1n) is 8.36. The van der Waals surface area contributed by atoms with Crippen LogP contribution in [0.4, 0.5) is 4.79 Å². The molecule has 1 unspecified atom stereocenters. The summed E-state index contributed by atoms with van der Waals surface area (Å²) in [6.45, 7) is 4.57. The molecule has 0 fully saturated rings. The Labute approximate surface area is 149 Å². The number of urea groups is 1. The van der Waals surface area contributed by atoms with Crippen LogP contribution in [0.2, 0.25) is 0 Å². The summed E-state index contributed by atoms with van der Waals surface area (Å²) in [5.74, 6) is 1.39. The molecule has 0 saturated heterocycles. The van der Waals surface area contributed by atoms with Crippen LogP contribution in [-0.2, 0) is 6.42 Å². The van der Waals surface area contributed by atoms with Crippen LogP contribution in [0.3, 0.4) is 0 Å². The maximum absolute atomic E-state index is 12.1. The summed E-state index contributed by atoms with van der Waals surface area (Å²) < 4.78 is 10.5. The highest BCUT2D eigenvalue weighted by Gasteiger charge is 2.11. The van der Waals surface area contributed by atoms with Gasteiger partial charge in [0.05, 0.1) is 20.3 Å². The summed E-state index contributed by atoms with van der Waals surface area (Å²) >= 11 is 0. The van der Waals surface area contributed by atoms with E-state index in [4.69, 9.17) is 9.47 Å². The summed E-state index contributed by atoms with van der Waals surface area (Å²) in [4.78, 5) is 12.1. The molecule has 2 aromatic carbocycles. The third kappa shape index (κ3) is 5.14. The van der Waals surface area contributed by atoms with Crippen LogP contribution >= 0.6 is 0 Å². The van der Waals surface area contributed by atoms with Crippen molar-refractivity contribution in [1.29, 1.82) is 0 Å². The Morgan fingerprint density at radius 3 is 2.48 bits per heavy atom. The molecule has 0 aliphatic rings. The number of carbonyl (C=O) groups excluding carboxylic acids is 1. The van der Waals surface area contributed by atoms with Crippen LogP contribution < -0.4 is 20.1 Å². The molecule has 0 radical (unpaired) electrons. The monoisotopic (exact) mass is 342 g/mol. The van der Waals surface area contributed by atoms with Crippen molar-refractivity contribution in [1.82, 2.24) is 10.6 Å². The van der Waals surface area contributed by atoms with E-state index in [2.05, 4.69) is 10.6 Å². The van der Waals surface area contributed by atoms with Gasteiger partial charge in [-0.1, -0.05) is 30.3 Å². The zero-order valence-corrected chi connectivity index (χ0v) is 15.3. The summed E-state index contributed by atoms with van der Waals surface area (Å²) in [5, 5.41) is 5.86. The third-order valence-corrected chi connectivity index (χ3v) is 4.15. The maximum Gasteiger partial charge on any atom is 0.315 e. The second-order valence-electron chi connectivity index (χ2n) is 5.92. The fraction of sp³-hybridized carbons (Fsp3) is 0.350. The summed E-state index contributed by atoms with van der Waals surface area (Å²) in [6, 6.07) is 13.6. The quantitative estimate of drug-likeness (QED) is 0.808. The van der Waals surface area contributed by atoms with Crippen LogP contribution in [-0.4, -0.2) is 26.8 Å². The van der Waals surface area contributed by atoms with Gasteiger partial charge in [-0.15, -0.1) is 0 Å². The molecule has 1 atom stereocenters. The number of hydrogen-bond acceptors (Lipinski definition) is 3. The third-order valence-electron chi connectivity index (χ3n) is 4.15. The molecule has 0 spiro atoms. The summed E-state index contributed by atoms with van der Waals surface area (Å²) in [7, 11) is 3.22. The first-order valence-corrected chi connectivity index (χ1v) is 8.36. The SMILES string of the molecule is COc1ccc(CCNC(=O)NC(C)c2ccccc2C)cc1OC. The van der Waals surface area contributed by atoms with E-state index < -0.39 is 0 Å². The van der Waals surface area contributed by atoms with Crippen molar-refractivity contribution >= 4 is 6.03 Å². The molecule has 0 saturated carbocycles. The molecule has 0 bridgehead atoms. The Kier molecular flexibility index (Phi) is 6.69. The van der Waals surface area contributed by atoms with E-state index >= 15 is 0 Å². The second-order valence-corrected chi connectivity index (χ2v) is 5.92. The van der Waals surface area contributed by atoms with E-state index in [-0.39, 0.29) is 12.1 Å². The predicted molar refractivity (Wildman–Crippen MR) is 99.4 cm³/mol. The number of rotatable bonds is 7. The van der Waals surface area contributed by atoms with Crippen molar-refractivity contribution in [2.75, 3.05) is 20.8 Å². The van der Waals surface area contributed by atoms with Crippen LogP contribution in [0.25, 0.3) is 0 Å². The van der Waals surface area contributed by atoms with Crippen molar-refractivity contribution in [2.45, 2.75) is 26.3 Å². The summed E-state index contributed by atoms with van der Waals surface area (Å²) in [5.41, 5.74) is 3.36. The first kappa shape index (κ1) is 18.6. The standard InChI is InChI=1S/C20H26N2O3/c1-14-7-5-6-8-17(14)15(2)22-20(23)21-12-11-16-9-10-18(24-3)19(13-16)25-4/h5-10,13,15H,11-12H2,1-4H3,(H2,21,22,23). The van der Waals surface area contributed by atoms with Crippen molar-refractivity contribution < 1.29 is 14.3 Å². The van der Waals surface area contributed by atoms with Crippen LogP contribution in [0.15, 0.2) is 42.5 Å². The van der Waals surface area contributed by atoms with E-state index in [1.54, 1.807) is 14.2 Å². The number of ether oxygens (including phenoxy) is 2. The lowest BCUT2D eigenvalue weighted by Gasteiger charge is -2.17. The molecule has 0 aromatic heterocycles. The van der Waals surface area contributed by atoms with Crippen molar-refractivity contribution in [3.63, 3.8) is 0 Å². The Morgan fingerprint density at radius 1 is 1.08 bits per heavy atom. The predicted octanol–water partition coefficient (Wildman–Crippen LogP) is 3.62. The average Bonchev–Trinajstić information content (AvgIpc) is 2.61. The van der Waals surface area contributed by atoms with E-state index in [1.165, 1.54) is 5.56 Å². The molecule has 0 aliphatic carbocycles. The molecule has 134 valence electrons. The minimum absolute atomic E-state index is 0.0396. The molecule has 0 heterocycles. The van der Waals surface area contributed by atoms with E-state index in [9.17, 15) is 4.79 Å². The zero-order valence-electron chi connectivity index (χ0n) is 15.3. The highest BCUT2D eigenvalue weighted by molar-refractivity contribution is 5.74. The molecule has 5 heteroatoms. The van der Waals surface area contributed by atoms with E-state index in [0.717, 1.165) is 11.1 Å². The van der Waals surface area contributed by atoms with Crippen LogP contribution in [0, 0.1) is 6.92 Å². The minimum Gasteiger partial charge on any atom is -0.493 e. The van der Waals surface area contributed by atoms with Gasteiger partial charge < -0.3 is 20.1 Å². The number of nitrogens with one attached hydrogen (secondary N) is 2. The fourth-order valence-electron chi connectivity index (χ4n) is 2.75. The molecular weight excluding hydrogens is 316 g/mol. The highest BCUT2D eigenvalue weighted by Crippen LogP contribution is 2.27. The lowest BCUT2D eigenvalue weighted by atomic mass is 10.0. The number of methoxy groups -OCH3 is 2. The van der Waals surface area contributed by atoms with Gasteiger partial charge in [0.25, 0.3) is 0 Å². The number of benzene rings is 2. The van der Waals surface area contributed by atoms with Gasteiger partial charge in [0.1, 0.15) is 0 Å².